The Bertz CT molecular complexity index is 896. The van der Waals surface area contributed by atoms with Crippen LogP contribution >= 0.6 is 0 Å². The summed E-state index contributed by atoms with van der Waals surface area (Å²) in [5.74, 6) is 4.34. The van der Waals surface area contributed by atoms with Gasteiger partial charge in [-0.1, -0.05) is 68.8 Å². The fourth-order valence-electron chi connectivity index (χ4n) is 9.20. The zero-order chi connectivity index (χ0) is 23.2. The molecule has 0 saturated heterocycles. The highest BCUT2D eigenvalue weighted by molar-refractivity contribution is 5.63. The van der Waals surface area contributed by atoms with Crippen LogP contribution in [0.5, 0.6) is 0 Å². The van der Waals surface area contributed by atoms with Crippen molar-refractivity contribution in [2.45, 2.75) is 98.0 Å². The first-order chi connectivity index (χ1) is 15.8. The summed E-state index contributed by atoms with van der Waals surface area (Å²) >= 11 is 0. The van der Waals surface area contributed by atoms with Crippen LogP contribution in [0.15, 0.2) is 48.1 Å². The van der Waals surface area contributed by atoms with Gasteiger partial charge in [-0.25, -0.2) is 0 Å². The molecule has 1 N–H and O–H groups in total. The van der Waals surface area contributed by atoms with E-state index in [0.717, 1.165) is 42.4 Å². The van der Waals surface area contributed by atoms with Crippen LogP contribution < -0.4 is 0 Å². The second-order valence-electron chi connectivity index (χ2n) is 12.7. The van der Waals surface area contributed by atoms with Gasteiger partial charge in [0.05, 0.1) is 6.10 Å². The van der Waals surface area contributed by atoms with E-state index in [4.69, 9.17) is 0 Å². The quantitative estimate of drug-likeness (QED) is 0.450. The minimum absolute atomic E-state index is 0.0916. The average Bonchev–Trinajstić information content (AvgIpc) is 3.17. The van der Waals surface area contributed by atoms with Gasteiger partial charge < -0.3 is 5.11 Å². The van der Waals surface area contributed by atoms with Gasteiger partial charge in [-0.15, -0.1) is 0 Å². The molecule has 0 bridgehead atoms. The van der Waals surface area contributed by atoms with Crippen LogP contribution in [0.4, 0.5) is 0 Å². The van der Waals surface area contributed by atoms with Gasteiger partial charge in [0.1, 0.15) is 0 Å². The number of benzene rings is 1. The third-order valence-corrected chi connectivity index (χ3v) is 11.1. The smallest absolute Gasteiger partial charge is 0.0577 e. The molecule has 180 valence electrons. The molecule has 8 atom stereocenters. The zero-order valence-corrected chi connectivity index (χ0v) is 21.5. The summed E-state index contributed by atoms with van der Waals surface area (Å²) in [5, 5.41) is 10.3. The van der Waals surface area contributed by atoms with Crippen molar-refractivity contribution in [3.05, 3.63) is 53.6 Å². The van der Waals surface area contributed by atoms with E-state index in [9.17, 15) is 5.11 Å². The van der Waals surface area contributed by atoms with E-state index in [1.165, 1.54) is 62.5 Å². The van der Waals surface area contributed by atoms with E-state index in [2.05, 4.69) is 70.2 Å². The number of aliphatic hydroxyl groups is 1. The third kappa shape index (κ3) is 4.07. The molecule has 1 nitrogen and oxygen atoms in total. The maximum absolute atomic E-state index is 10.3. The van der Waals surface area contributed by atoms with Gasteiger partial charge in [0.2, 0.25) is 0 Å². The lowest BCUT2D eigenvalue weighted by molar-refractivity contribution is -0.0570. The monoisotopic (exact) mass is 446 g/mol. The van der Waals surface area contributed by atoms with Crippen LogP contribution in [0.3, 0.4) is 0 Å². The predicted octanol–water partition coefficient (Wildman–Crippen LogP) is 8.45. The Morgan fingerprint density at radius 2 is 1.85 bits per heavy atom. The molecule has 0 aromatic heterocycles. The second-order valence-corrected chi connectivity index (χ2v) is 12.7. The fourth-order valence-corrected chi connectivity index (χ4v) is 9.20. The summed E-state index contributed by atoms with van der Waals surface area (Å²) < 4.78 is 0. The van der Waals surface area contributed by atoms with Crippen LogP contribution in [0.1, 0.15) is 97.5 Å². The van der Waals surface area contributed by atoms with Gasteiger partial charge in [0, 0.05) is 0 Å². The Labute approximate surface area is 202 Å². The van der Waals surface area contributed by atoms with Crippen LogP contribution in [0.2, 0.25) is 0 Å². The van der Waals surface area contributed by atoms with E-state index < -0.39 is 0 Å². The first kappa shape index (κ1) is 23.4. The van der Waals surface area contributed by atoms with Gasteiger partial charge in [-0.05, 0) is 123 Å². The Balaban J connectivity index is 1.26. The van der Waals surface area contributed by atoms with Crippen molar-refractivity contribution in [1.82, 2.24) is 0 Å². The molecule has 1 aromatic rings. The lowest BCUT2D eigenvalue weighted by atomic mass is 9.47. The Morgan fingerprint density at radius 3 is 2.64 bits per heavy atom. The molecular formula is C32H46O. The average molecular weight is 447 g/mol. The van der Waals surface area contributed by atoms with Crippen molar-refractivity contribution in [2.75, 3.05) is 0 Å². The predicted molar refractivity (Wildman–Crippen MR) is 140 cm³/mol. The Morgan fingerprint density at radius 1 is 1.06 bits per heavy atom. The van der Waals surface area contributed by atoms with Crippen molar-refractivity contribution in [3.63, 3.8) is 0 Å². The highest BCUT2D eigenvalue weighted by atomic mass is 16.3. The van der Waals surface area contributed by atoms with Crippen molar-refractivity contribution in [3.8, 4) is 0 Å². The number of fused-ring (bicyclic) bond motifs is 5. The third-order valence-electron chi connectivity index (χ3n) is 11.1. The van der Waals surface area contributed by atoms with Crippen molar-refractivity contribution in [2.24, 2.45) is 40.4 Å². The molecular weight excluding hydrogens is 400 g/mol. The topological polar surface area (TPSA) is 20.2 Å². The fraction of sp³-hybridized carbons (Fsp3) is 0.688. The number of rotatable bonds is 5. The van der Waals surface area contributed by atoms with Crippen molar-refractivity contribution in [1.29, 1.82) is 0 Å². The molecule has 3 saturated carbocycles. The summed E-state index contributed by atoms with van der Waals surface area (Å²) in [5.41, 5.74) is 5.30. The molecule has 1 heteroatoms. The molecule has 0 unspecified atom stereocenters. The normalized spacial score (nSPS) is 41.5. The highest BCUT2D eigenvalue weighted by Crippen LogP contribution is 2.67. The Kier molecular flexibility index (Phi) is 6.40. The van der Waals surface area contributed by atoms with Gasteiger partial charge in [-0.3, -0.25) is 0 Å². The number of aliphatic hydroxyl groups excluding tert-OH is 1. The van der Waals surface area contributed by atoms with Crippen molar-refractivity contribution >= 4 is 5.57 Å². The van der Waals surface area contributed by atoms with E-state index >= 15 is 0 Å². The standard InChI is InChI=1S/C32H46O/c1-22(24-11-6-5-7-12-24)9-8-10-23(2)28-15-16-29-27-14-13-25-21-26(33)17-19-31(25,3)30(27)18-20-32(28,29)4/h5-7,9,11-13,23,26-30,33H,8,10,14-21H2,1-4H3/b22-9+/t23-,26+,27-,28+,29-,30-,31-,32+/m0/s1. The van der Waals surface area contributed by atoms with Crippen molar-refractivity contribution < 1.29 is 5.11 Å². The number of allylic oxidation sites excluding steroid dienone is 3. The minimum atomic E-state index is -0.0916. The van der Waals surface area contributed by atoms with Crippen LogP contribution in [0, 0.1) is 40.4 Å². The first-order valence-corrected chi connectivity index (χ1v) is 13.9. The molecule has 5 rings (SSSR count). The van der Waals surface area contributed by atoms with Gasteiger partial charge in [0.15, 0.2) is 0 Å². The summed E-state index contributed by atoms with van der Waals surface area (Å²) in [6.07, 6.45) is 17.7. The number of hydrogen-bond donors (Lipinski definition) is 1. The lowest BCUT2D eigenvalue weighted by Crippen LogP contribution is -2.50. The summed E-state index contributed by atoms with van der Waals surface area (Å²) in [4.78, 5) is 0. The van der Waals surface area contributed by atoms with Crippen LogP contribution in [-0.4, -0.2) is 11.2 Å². The van der Waals surface area contributed by atoms with E-state index in [0.29, 0.717) is 10.8 Å². The molecule has 1 aromatic carbocycles. The SMILES string of the molecule is C/C(=C\CC[C@H](C)[C@H]1CC[C@H]2[C@@H]3CC=C4C[C@H](O)CC[C@]4(C)[C@H]3CC[C@]12C)c1ccccc1. The molecule has 33 heavy (non-hydrogen) atoms. The van der Waals surface area contributed by atoms with Crippen LogP contribution in [0.25, 0.3) is 5.57 Å². The summed E-state index contributed by atoms with van der Waals surface area (Å²) in [7, 11) is 0. The molecule has 4 aliphatic rings. The van der Waals surface area contributed by atoms with Gasteiger partial charge in [0.25, 0.3) is 0 Å². The van der Waals surface area contributed by atoms with E-state index in [1.807, 2.05) is 0 Å². The molecule has 0 heterocycles. The van der Waals surface area contributed by atoms with Gasteiger partial charge >= 0.3 is 0 Å². The highest BCUT2D eigenvalue weighted by Gasteiger charge is 2.59. The van der Waals surface area contributed by atoms with E-state index in [1.54, 1.807) is 5.57 Å². The lowest BCUT2D eigenvalue weighted by Gasteiger charge is -2.58. The number of hydrogen-bond acceptors (Lipinski definition) is 1. The largest absolute Gasteiger partial charge is 0.393 e. The first-order valence-electron chi connectivity index (χ1n) is 13.9. The minimum Gasteiger partial charge on any atom is -0.393 e. The molecule has 0 amide bonds. The molecule has 0 spiro atoms. The van der Waals surface area contributed by atoms with Crippen LogP contribution in [-0.2, 0) is 0 Å². The second kappa shape index (κ2) is 9.03. The molecule has 3 fully saturated rings. The molecule has 0 radical (unpaired) electrons. The maximum Gasteiger partial charge on any atom is 0.0577 e. The molecule has 4 aliphatic carbocycles. The Hall–Kier alpha value is -1.34. The van der Waals surface area contributed by atoms with Gasteiger partial charge in [-0.2, -0.15) is 0 Å². The molecule has 0 aliphatic heterocycles. The maximum atomic E-state index is 10.3. The zero-order valence-electron chi connectivity index (χ0n) is 21.5. The summed E-state index contributed by atoms with van der Waals surface area (Å²) in [6.45, 7) is 10.1. The summed E-state index contributed by atoms with van der Waals surface area (Å²) in [6, 6.07) is 10.8. The van der Waals surface area contributed by atoms with E-state index in [-0.39, 0.29) is 6.10 Å².